The van der Waals surface area contributed by atoms with Crippen LogP contribution in [0.25, 0.3) is 10.8 Å². The van der Waals surface area contributed by atoms with Crippen molar-refractivity contribution in [2.24, 2.45) is 4.99 Å². The minimum Gasteiger partial charge on any atom is -0.477 e. The van der Waals surface area contributed by atoms with Crippen molar-refractivity contribution in [3.05, 3.63) is 77.4 Å². The molecule has 0 aliphatic carbocycles. The molecule has 142 valence electrons. The van der Waals surface area contributed by atoms with Crippen LogP contribution in [0.2, 0.25) is 0 Å². The van der Waals surface area contributed by atoms with Crippen molar-refractivity contribution in [3.63, 3.8) is 0 Å². The van der Waals surface area contributed by atoms with Gasteiger partial charge in [0.25, 0.3) is 5.91 Å². The molecule has 1 aliphatic heterocycles. The van der Waals surface area contributed by atoms with Gasteiger partial charge in [-0.2, -0.15) is 4.99 Å². The highest BCUT2D eigenvalue weighted by atomic mass is 32.2. The van der Waals surface area contributed by atoms with Crippen molar-refractivity contribution in [3.8, 4) is 0 Å². The van der Waals surface area contributed by atoms with E-state index in [0.29, 0.717) is 22.4 Å². The lowest BCUT2D eigenvalue weighted by atomic mass is 10.0. The number of aryl methyl sites for hydroxylation is 1. The number of aliphatic imine (C=N–C) groups is 1. The Bertz CT molecular complexity index is 1190. The topological polar surface area (TPSA) is 72.8 Å². The van der Waals surface area contributed by atoms with Gasteiger partial charge in [0.05, 0.1) is 28.4 Å². The molecule has 28 heavy (non-hydrogen) atoms. The number of ether oxygens (including phenoxy) is 1. The fourth-order valence-electron chi connectivity index (χ4n) is 3.27. The van der Waals surface area contributed by atoms with E-state index < -0.39 is 9.84 Å². The number of nitrogens with zero attached hydrogens (tertiary/aromatic N) is 1. The lowest BCUT2D eigenvalue weighted by Gasteiger charge is -2.10. The first-order valence-electron chi connectivity index (χ1n) is 9.03. The molecule has 0 saturated carbocycles. The van der Waals surface area contributed by atoms with Crippen LogP contribution < -0.4 is 0 Å². The molecule has 0 unspecified atom stereocenters. The first kappa shape index (κ1) is 18.4. The van der Waals surface area contributed by atoms with Gasteiger partial charge in [0.2, 0.25) is 5.90 Å². The molecule has 0 aromatic heterocycles. The maximum Gasteiger partial charge on any atom is 0.281 e. The van der Waals surface area contributed by atoms with E-state index >= 15 is 0 Å². The molecule has 3 aromatic carbocycles. The SMILES string of the molecule is Cc1ccc(S(=O)(=O)CCCOC2=NC(=O)c3ccc4ccccc4c32)cc1. The Morgan fingerprint density at radius 2 is 1.71 bits per heavy atom. The van der Waals surface area contributed by atoms with E-state index in [4.69, 9.17) is 4.74 Å². The number of carbonyl (C=O) groups is 1. The summed E-state index contributed by atoms with van der Waals surface area (Å²) in [6, 6.07) is 18.2. The summed E-state index contributed by atoms with van der Waals surface area (Å²) in [6.07, 6.45) is 0.309. The highest BCUT2D eigenvalue weighted by Gasteiger charge is 2.26. The standard InChI is InChI=1S/C22H19NO4S/c1-15-7-10-17(11-8-15)28(25,26)14-4-13-27-22-20-18-6-3-2-5-16(18)9-12-19(20)21(24)23-22/h2-3,5-12H,4,13-14H2,1H3. The summed E-state index contributed by atoms with van der Waals surface area (Å²) >= 11 is 0. The van der Waals surface area contributed by atoms with Crippen LogP contribution >= 0.6 is 0 Å². The van der Waals surface area contributed by atoms with Crippen LogP contribution in [0.1, 0.15) is 27.9 Å². The van der Waals surface area contributed by atoms with Crippen molar-refractivity contribution >= 4 is 32.4 Å². The molecular weight excluding hydrogens is 374 g/mol. The van der Waals surface area contributed by atoms with Crippen LogP contribution in [-0.4, -0.2) is 32.6 Å². The van der Waals surface area contributed by atoms with Gasteiger partial charge < -0.3 is 4.74 Å². The minimum atomic E-state index is -3.37. The van der Waals surface area contributed by atoms with Gasteiger partial charge in [0, 0.05) is 0 Å². The summed E-state index contributed by atoms with van der Waals surface area (Å²) in [4.78, 5) is 16.5. The molecule has 1 amide bonds. The van der Waals surface area contributed by atoms with Crippen LogP contribution in [0.4, 0.5) is 0 Å². The molecule has 0 saturated heterocycles. The molecular formula is C22H19NO4S. The molecule has 6 heteroatoms. The van der Waals surface area contributed by atoms with Gasteiger partial charge in [-0.3, -0.25) is 4.79 Å². The van der Waals surface area contributed by atoms with E-state index in [1.807, 2.05) is 37.3 Å². The second kappa shape index (κ2) is 7.20. The van der Waals surface area contributed by atoms with Gasteiger partial charge in [0.1, 0.15) is 0 Å². The molecule has 1 aliphatic rings. The van der Waals surface area contributed by atoms with Gasteiger partial charge in [-0.15, -0.1) is 0 Å². The van der Waals surface area contributed by atoms with E-state index in [1.165, 1.54) is 0 Å². The predicted molar refractivity (Wildman–Crippen MR) is 109 cm³/mol. The highest BCUT2D eigenvalue weighted by Crippen LogP contribution is 2.28. The summed E-state index contributed by atoms with van der Waals surface area (Å²) in [7, 11) is -3.37. The van der Waals surface area contributed by atoms with Crippen LogP contribution in [-0.2, 0) is 14.6 Å². The van der Waals surface area contributed by atoms with Gasteiger partial charge in [-0.1, -0.05) is 48.0 Å². The van der Waals surface area contributed by atoms with Crippen molar-refractivity contribution in [2.45, 2.75) is 18.2 Å². The van der Waals surface area contributed by atoms with E-state index in [-0.39, 0.29) is 24.2 Å². The molecule has 0 atom stereocenters. The summed E-state index contributed by atoms with van der Waals surface area (Å²) < 4.78 is 30.6. The lowest BCUT2D eigenvalue weighted by molar-refractivity contribution is 0.100. The number of fused-ring (bicyclic) bond motifs is 3. The summed E-state index contributed by atoms with van der Waals surface area (Å²) in [5.41, 5.74) is 2.21. The molecule has 0 radical (unpaired) electrons. The van der Waals surface area contributed by atoms with Crippen molar-refractivity contribution in [1.29, 1.82) is 0 Å². The quantitative estimate of drug-likeness (QED) is 0.616. The zero-order chi connectivity index (χ0) is 19.7. The first-order valence-corrected chi connectivity index (χ1v) is 10.7. The number of hydrogen-bond donors (Lipinski definition) is 0. The van der Waals surface area contributed by atoms with Crippen LogP contribution in [0.5, 0.6) is 0 Å². The third-order valence-corrected chi connectivity index (χ3v) is 6.57. The molecule has 4 rings (SSSR count). The van der Waals surface area contributed by atoms with E-state index in [2.05, 4.69) is 4.99 Å². The Hall–Kier alpha value is -2.99. The number of sulfone groups is 1. The Morgan fingerprint density at radius 1 is 0.964 bits per heavy atom. The third-order valence-electron chi connectivity index (χ3n) is 4.75. The average Bonchev–Trinajstić information content (AvgIpc) is 3.02. The Labute approximate surface area is 163 Å². The van der Waals surface area contributed by atoms with Crippen LogP contribution in [0.15, 0.2) is 70.6 Å². The lowest BCUT2D eigenvalue weighted by Crippen LogP contribution is -2.12. The second-order valence-corrected chi connectivity index (χ2v) is 8.87. The molecule has 0 N–H and O–H groups in total. The number of carbonyl (C=O) groups excluding carboxylic acids is 1. The molecule has 0 bridgehead atoms. The van der Waals surface area contributed by atoms with E-state index in [9.17, 15) is 13.2 Å². The largest absolute Gasteiger partial charge is 0.477 e. The zero-order valence-electron chi connectivity index (χ0n) is 15.4. The maximum atomic E-state index is 12.4. The summed E-state index contributed by atoms with van der Waals surface area (Å²) in [5, 5.41) is 1.89. The highest BCUT2D eigenvalue weighted by molar-refractivity contribution is 7.91. The molecule has 0 spiro atoms. The average molecular weight is 393 g/mol. The smallest absolute Gasteiger partial charge is 0.281 e. The van der Waals surface area contributed by atoms with Crippen molar-refractivity contribution < 1.29 is 17.9 Å². The normalized spacial score (nSPS) is 13.5. The number of benzene rings is 3. The van der Waals surface area contributed by atoms with Gasteiger partial charge in [0.15, 0.2) is 9.84 Å². The summed E-state index contributed by atoms with van der Waals surface area (Å²) in [5.74, 6) is -0.0905. The Morgan fingerprint density at radius 3 is 2.50 bits per heavy atom. The Kier molecular flexibility index (Phi) is 4.73. The summed E-state index contributed by atoms with van der Waals surface area (Å²) in [6.45, 7) is 2.08. The minimum absolute atomic E-state index is 0.0281. The molecule has 0 fully saturated rings. The van der Waals surface area contributed by atoms with E-state index in [0.717, 1.165) is 16.3 Å². The fourth-order valence-corrected chi connectivity index (χ4v) is 4.56. The number of amides is 1. The molecule has 3 aromatic rings. The third kappa shape index (κ3) is 3.43. The molecule has 1 heterocycles. The number of hydrogen-bond acceptors (Lipinski definition) is 4. The van der Waals surface area contributed by atoms with E-state index in [1.54, 1.807) is 30.3 Å². The van der Waals surface area contributed by atoms with Gasteiger partial charge in [-0.25, -0.2) is 8.42 Å². The van der Waals surface area contributed by atoms with Crippen LogP contribution in [0, 0.1) is 6.92 Å². The number of rotatable bonds is 5. The maximum absolute atomic E-state index is 12.4. The Balaban J connectivity index is 1.46. The first-order chi connectivity index (χ1) is 13.5. The van der Waals surface area contributed by atoms with Crippen molar-refractivity contribution in [2.75, 3.05) is 12.4 Å². The monoisotopic (exact) mass is 393 g/mol. The van der Waals surface area contributed by atoms with Gasteiger partial charge in [-0.05, 0) is 42.3 Å². The fraction of sp³-hybridized carbons (Fsp3) is 0.182. The second-order valence-electron chi connectivity index (χ2n) is 6.77. The predicted octanol–water partition coefficient (Wildman–Crippen LogP) is 3.93. The molecule has 5 nitrogen and oxygen atoms in total. The zero-order valence-corrected chi connectivity index (χ0v) is 16.2. The van der Waals surface area contributed by atoms with Crippen LogP contribution in [0.3, 0.4) is 0 Å². The van der Waals surface area contributed by atoms with Gasteiger partial charge >= 0.3 is 0 Å². The van der Waals surface area contributed by atoms with Crippen molar-refractivity contribution in [1.82, 2.24) is 0 Å².